The number of hydrogen-bond donors (Lipinski definition) is 3. The van der Waals surface area contributed by atoms with Crippen LogP contribution in [0.15, 0.2) is 30.0 Å². The van der Waals surface area contributed by atoms with Gasteiger partial charge in [0.2, 0.25) is 0 Å². The first-order chi connectivity index (χ1) is 8.93. The summed E-state index contributed by atoms with van der Waals surface area (Å²) in [5.41, 5.74) is 7.86. The van der Waals surface area contributed by atoms with E-state index in [0.29, 0.717) is 0 Å². The lowest BCUT2D eigenvalue weighted by Crippen LogP contribution is -2.26. The Morgan fingerprint density at radius 2 is 2.16 bits per heavy atom. The van der Waals surface area contributed by atoms with E-state index in [1.54, 1.807) is 6.07 Å². The summed E-state index contributed by atoms with van der Waals surface area (Å²) in [5.74, 6) is -0.802. The second-order valence-electron chi connectivity index (χ2n) is 3.95. The molecule has 4 N–H and O–H groups in total. The van der Waals surface area contributed by atoms with Gasteiger partial charge < -0.3 is 16.4 Å². The highest BCUT2D eigenvalue weighted by Gasteiger charge is 2.04. The number of nitrogens with one attached hydrogen (secondary N) is 2. The van der Waals surface area contributed by atoms with Gasteiger partial charge in [0, 0.05) is 11.9 Å². The molecule has 0 atom stereocenters. The molecule has 0 unspecified atom stereocenters. The zero-order chi connectivity index (χ0) is 14.4. The summed E-state index contributed by atoms with van der Waals surface area (Å²) in [4.78, 5) is 10.8. The molecule has 0 saturated heterocycles. The van der Waals surface area contributed by atoms with E-state index in [-0.39, 0.29) is 10.7 Å². The van der Waals surface area contributed by atoms with E-state index < -0.39 is 5.91 Å². The molecule has 0 fully saturated rings. The maximum atomic E-state index is 10.8. The quantitative estimate of drug-likeness (QED) is 0.441. The number of primary amides is 1. The molecular weight excluding hydrogens is 260 g/mol. The van der Waals surface area contributed by atoms with E-state index in [1.165, 1.54) is 6.20 Å². The predicted molar refractivity (Wildman–Crippen MR) is 78.2 cm³/mol. The first kappa shape index (κ1) is 14.7. The van der Waals surface area contributed by atoms with Crippen molar-refractivity contribution in [2.24, 2.45) is 5.73 Å². The molecule has 1 rings (SSSR count). The fourth-order valence-corrected chi connectivity index (χ4v) is 1.58. The summed E-state index contributed by atoms with van der Waals surface area (Å²) < 4.78 is 0. The van der Waals surface area contributed by atoms with E-state index in [9.17, 15) is 4.79 Å². The van der Waals surface area contributed by atoms with Crippen molar-refractivity contribution in [2.75, 3.05) is 5.32 Å². The minimum atomic E-state index is -0.802. The Labute approximate surface area is 117 Å². The SMILES string of the molecule is Cc1ccc(NC(=S)N/C=C(\C#N)C(N)=O)c(C)c1. The van der Waals surface area contributed by atoms with Gasteiger partial charge in [-0.2, -0.15) is 5.26 Å². The highest BCUT2D eigenvalue weighted by Crippen LogP contribution is 2.15. The molecule has 19 heavy (non-hydrogen) atoms. The van der Waals surface area contributed by atoms with Gasteiger partial charge in [0.05, 0.1) is 0 Å². The second kappa shape index (κ2) is 6.52. The minimum absolute atomic E-state index is 0.190. The van der Waals surface area contributed by atoms with Gasteiger partial charge in [-0.25, -0.2) is 0 Å². The Kier molecular flexibility index (Phi) is 5.03. The number of aryl methyl sites for hydroxylation is 2. The molecule has 0 saturated carbocycles. The summed E-state index contributed by atoms with van der Waals surface area (Å²) in [6.07, 6.45) is 1.18. The molecule has 0 aliphatic carbocycles. The van der Waals surface area contributed by atoms with Crippen LogP contribution in [0.2, 0.25) is 0 Å². The molecule has 1 aromatic rings. The maximum Gasteiger partial charge on any atom is 0.260 e. The lowest BCUT2D eigenvalue weighted by molar-refractivity contribution is -0.114. The smallest absolute Gasteiger partial charge is 0.260 e. The number of nitriles is 1. The number of carbonyl (C=O) groups is 1. The first-order valence-electron chi connectivity index (χ1n) is 5.49. The molecule has 0 aromatic heterocycles. The van der Waals surface area contributed by atoms with Crippen LogP contribution in [-0.4, -0.2) is 11.0 Å². The molecule has 1 aromatic carbocycles. The van der Waals surface area contributed by atoms with Crippen LogP contribution in [0.25, 0.3) is 0 Å². The number of thiocarbonyl (C=S) groups is 1. The van der Waals surface area contributed by atoms with Gasteiger partial charge >= 0.3 is 0 Å². The van der Waals surface area contributed by atoms with Crippen LogP contribution in [0.4, 0.5) is 5.69 Å². The van der Waals surface area contributed by atoms with Crippen LogP contribution >= 0.6 is 12.2 Å². The molecule has 1 amide bonds. The van der Waals surface area contributed by atoms with Crippen molar-refractivity contribution in [3.8, 4) is 6.07 Å². The third-order valence-electron chi connectivity index (χ3n) is 2.36. The van der Waals surface area contributed by atoms with E-state index in [1.807, 2.05) is 32.0 Å². The Hall–Kier alpha value is -2.39. The van der Waals surface area contributed by atoms with E-state index in [2.05, 4.69) is 10.6 Å². The number of benzene rings is 1. The van der Waals surface area contributed by atoms with Crippen LogP contribution in [0.5, 0.6) is 0 Å². The Balaban J connectivity index is 2.71. The number of nitrogens with zero attached hydrogens (tertiary/aromatic N) is 1. The first-order valence-corrected chi connectivity index (χ1v) is 5.89. The predicted octanol–water partition coefficient (Wildman–Crippen LogP) is 1.48. The molecule has 0 aliphatic rings. The molecular formula is C13H14N4OS. The molecule has 0 heterocycles. The molecule has 98 valence electrons. The lowest BCUT2D eigenvalue weighted by atomic mass is 10.1. The highest BCUT2D eigenvalue weighted by molar-refractivity contribution is 7.80. The van der Waals surface area contributed by atoms with Crippen LogP contribution in [0, 0.1) is 25.2 Å². The Morgan fingerprint density at radius 1 is 1.47 bits per heavy atom. The average Bonchev–Trinajstić information content (AvgIpc) is 2.33. The summed E-state index contributed by atoms with van der Waals surface area (Å²) in [6, 6.07) is 7.56. The van der Waals surface area contributed by atoms with Gasteiger partial charge in [0.25, 0.3) is 5.91 Å². The van der Waals surface area contributed by atoms with Crippen LogP contribution < -0.4 is 16.4 Å². The Morgan fingerprint density at radius 3 is 2.68 bits per heavy atom. The van der Waals surface area contributed by atoms with E-state index in [0.717, 1.165) is 16.8 Å². The van der Waals surface area contributed by atoms with Crippen LogP contribution in [-0.2, 0) is 4.79 Å². The molecule has 5 nitrogen and oxygen atoms in total. The van der Waals surface area contributed by atoms with Crippen molar-refractivity contribution in [1.82, 2.24) is 5.32 Å². The van der Waals surface area contributed by atoms with Gasteiger partial charge in [-0.05, 0) is 37.7 Å². The molecule has 0 aliphatic heterocycles. The van der Waals surface area contributed by atoms with Gasteiger partial charge in [0.15, 0.2) is 5.11 Å². The average molecular weight is 274 g/mol. The van der Waals surface area contributed by atoms with Crippen molar-refractivity contribution < 1.29 is 4.79 Å². The van der Waals surface area contributed by atoms with E-state index >= 15 is 0 Å². The summed E-state index contributed by atoms with van der Waals surface area (Å²) in [5, 5.41) is 14.5. The van der Waals surface area contributed by atoms with Crippen LogP contribution in [0.1, 0.15) is 11.1 Å². The highest BCUT2D eigenvalue weighted by atomic mass is 32.1. The third kappa shape index (κ3) is 4.41. The molecule has 6 heteroatoms. The fourth-order valence-electron chi connectivity index (χ4n) is 1.41. The maximum absolute atomic E-state index is 10.8. The van der Waals surface area contributed by atoms with Crippen molar-refractivity contribution in [1.29, 1.82) is 5.26 Å². The Bertz CT molecular complexity index is 587. The minimum Gasteiger partial charge on any atom is -0.365 e. The third-order valence-corrected chi connectivity index (χ3v) is 2.58. The monoisotopic (exact) mass is 274 g/mol. The number of anilines is 1. The summed E-state index contributed by atoms with van der Waals surface area (Å²) >= 11 is 5.05. The van der Waals surface area contributed by atoms with Gasteiger partial charge in [-0.1, -0.05) is 17.7 Å². The van der Waals surface area contributed by atoms with Crippen molar-refractivity contribution in [3.63, 3.8) is 0 Å². The molecule has 0 radical (unpaired) electrons. The zero-order valence-electron chi connectivity index (χ0n) is 10.7. The van der Waals surface area contributed by atoms with Crippen molar-refractivity contribution in [2.45, 2.75) is 13.8 Å². The normalized spacial score (nSPS) is 10.5. The number of nitrogens with two attached hydrogens (primary N) is 1. The number of amides is 1. The van der Waals surface area contributed by atoms with E-state index in [4.69, 9.17) is 23.2 Å². The number of carbonyl (C=O) groups excluding carboxylic acids is 1. The number of hydrogen-bond acceptors (Lipinski definition) is 3. The largest absolute Gasteiger partial charge is 0.365 e. The van der Waals surface area contributed by atoms with Crippen molar-refractivity contribution >= 4 is 28.9 Å². The number of rotatable bonds is 3. The summed E-state index contributed by atoms with van der Waals surface area (Å²) in [6.45, 7) is 3.96. The molecule has 0 bridgehead atoms. The van der Waals surface area contributed by atoms with Crippen molar-refractivity contribution in [3.05, 3.63) is 41.1 Å². The topological polar surface area (TPSA) is 90.9 Å². The fraction of sp³-hybridized carbons (Fsp3) is 0.154. The second-order valence-corrected chi connectivity index (χ2v) is 4.36. The van der Waals surface area contributed by atoms with Gasteiger partial charge in [-0.3, -0.25) is 4.79 Å². The lowest BCUT2D eigenvalue weighted by Gasteiger charge is -2.11. The van der Waals surface area contributed by atoms with Crippen LogP contribution in [0.3, 0.4) is 0 Å². The molecule has 0 spiro atoms. The standard InChI is InChI=1S/C13H14N4OS/c1-8-3-4-11(9(2)5-8)17-13(19)16-7-10(6-14)12(15)18/h3-5,7H,1-2H3,(H2,15,18)(H2,16,17,19)/b10-7+. The zero-order valence-corrected chi connectivity index (χ0v) is 11.5. The van der Waals surface area contributed by atoms with Gasteiger partial charge in [-0.15, -0.1) is 0 Å². The summed E-state index contributed by atoms with van der Waals surface area (Å²) in [7, 11) is 0. The van der Waals surface area contributed by atoms with Gasteiger partial charge in [0.1, 0.15) is 11.6 Å².